The number of fused-ring (bicyclic) bond motifs is 1. The number of hydrogen-bond acceptors (Lipinski definition) is 7. The number of carbonyl (C=O) groups is 5. The number of unbranched alkanes of at least 4 members (excludes halogenated alkanes) is 1. The van der Waals surface area contributed by atoms with Crippen LogP contribution in [0.2, 0.25) is 0 Å². The van der Waals surface area contributed by atoms with Crippen molar-refractivity contribution in [1.82, 2.24) is 20.9 Å². The highest BCUT2D eigenvalue weighted by Gasteiger charge is 2.31. The number of aromatic nitrogens is 1. The van der Waals surface area contributed by atoms with Crippen molar-refractivity contribution in [2.24, 2.45) is 17.2 Å². The van der Waals surface area contributed by atoms with Crippen LogP contribution in [0, 0.1) is 0 Å². The average molecular weight is 608 g/mol. The molecule has 13 heteroatoms. The summed E-state index contributed by atoms with van der Waals surface area (Å²) >= 11 is 0. The highest BCUT2D eigenvalue weighted by Crippen LogP contribution is 2.19. The van der Waals surface area contributed by atoms with Crippen LogP contribution in [-0.4, -0.2) is 70.4 Å². The zero-order chi connectivity index (χ0) is 32.1. The van der Waals surface area contributed by atoms with Crippen molar-refractivity contribution in [1.29, 1.82) is 0 Å². The molecule has 236 valence electrons. The van der Waals surface area contributed by atoms with Crippen LogP contribution < -0.4 is 33.2 Å². The highest BCUT2D eigenvalue weighted by molar-refractivity contribution is 5.95. The third-order valence-electron chi connectivity index (χ3n) is 7.25. The summed E-state index contributed by atoms with van der Waals surface area (Å²) in [5, 5.41) is 18.3. The maximum absolute atomic E-state index is 13.8. The quantitative estimate of drug-likeness (QED) is 0.0929. The molecular weight excluding hydrogens is 566 g/mol. The van der Waals surface area contributed by atoms with Crippen LogP contribution in [0.4, 0.5) is 0 Å². The van der Waals surface area contributed by atoms with E-state index in [0.717, 1.165) is 16.5 Å². The highest BCUT2D eigenvalue weighted by atomic mass is 16.4. The molecule has 4 atom stereocenters. The van der Waals surface area contributed by atoms with Crippen molar-refractivity contribution in [2.45, 2.75) is 69.1 Å². The van der Waals surface area contributed by atoms with E-state index in [1.54, 1.807) is 30.5 Å². The molecule has 13 nitrogen and oxygen atoms in total. The van der Waals surface area contributed by atoms with E-state index in [1.165, 1.54) is 0 Å². The molecule has 4 unspecified atom stereocenters. The van der Waals surface area contributed by atoms with Crippen LogP contribution >= 0.6 is 0 Å². The van der Waals surface area contributed by atoms with Crippen LogP contribution in [-0.2, 0) is 36.8 Å². The van der Waals surface area contributed by atoms with Crippen LogP contribution in [0.25, 0.3) is 10.9 Å². The summed E-state index contributed by atoms with van der Waals surface area (Å²) in [6, 6.07) is 11.8. The summed E-state index contributed by atoms with van der Waals surface area (Å²) in [5.74, 6) is -4.01. The Morgan fingerprint density at radius 3 is 2.05 bits per heavy atom. The Kier molecular flexibility index (Phi) is 12.9. The molecule has 0 aliphatic heterocycles. The molecule has 0 bridgehead atoms. The number of carbonyl (C=O) groups excluding carboxylic acids is 4. The largest absolute Gasteiger partial charge is 0.480 e. The Bertz CT molecular complexity index is 1430. The third-order valence-corrected chi connectivity index (χ3v) is 7.25. The minimum atomic E-state index is -1.41. The number of benzene rings is 2. The monoisotopic (exact) mass is 607 g/mol. The van der Waals surface area contributed by atoms with Gasteiger partial charge in [-0.2, -0.15) is 0 Å². The van der Waals surface area contributed by atoms with Gasteiger partial charge in [0.1, 0.15) is 18.1 Å². The Morgan fingerprint density at radius 1 is 0.773 bits per heavy atom. The fraction of sp³-hybridized carbons (Fsp3) is 0.387. The summed E-state index contributed by atoms with van der Waals surface area (Å²) in [6.07, 6.45) is 3.09. The fourth-order valence-electron chi connectivity index (χ4n) is 4.80. The maximum atomic E-state index is 13.8. The Hall–Kier alpha value is -4.75. The molecule has 4 amide bonds. The first-order valence-electron chi connectivity index (χ1n) is 14.6. The molecule has 1 heterocycles. The van der Waals surface area contributed by atoms with Gasteiger partial charge < -0.3 is 43.2 Å². The van der Waals surface area contributed by atoms with E-state index in [2.05, 4.69) is 20.9 Å². The normalized spacial score (nSPS) is 13.8. The third kappa shape index (κ3) is 10.2. The summed E-state index contributed by atoms with van der Waals surface area (Å²) < 4.78 is 0. The number of aromatic amines is 1. The topological polar surface area (TPSA) is 236 Å². The first-order chi connectivity index (χ1) is 21.1. The molecule has 1 aromatic heterocycles. The summed E-state index contributed by atoms with van der Waals surface area (Å²) in [6.45, 7) is 0.471. The van der Waals surface area contributed by atoms with Crippen molar-refractivity contribution in [3.63, 3.8) is 0 Å². The molecule has 3 rings (SSSR count). The Balaban J connectivity index is 1.87. The van der Waals surface area contributed by atoms with E-state index in [0.29, 0.717) is 31.4 Å². The van der Waals surface area contributed by atoms with Gasteiger partial charge in [-0.05, 0) is 43.0 Å². The van der Waals surface area contributed by atoms with Gasteiger partial charge in [-0.25, -0.2) is 4.79 Å². The smallest absolute Gasteiger partial charge is 0.326 e. The summed E-state index contributed by atoms with van der Waals surface area (Å²) in [7, 11) is 0. The maximum Gasteiger partial charge on any atom is 0.326 e. The van der Waals surface area contributed by atoms with E-state index in [-0.39, 0.29) is 25.7 Å². The standard InChI is InChI=1S/C31H41N7O6/c32-15-7-6-11-22(33)28(40)37-25(16-19-8-2-1-3-9-19)29(41)38-26(17-20-18-35-23-12-5-4-10-21(20)23)30(42)36-24(31(43)44)13-14-27(34)39/h1-5,8-10,12,18,22,24-26,35H,6-7,11,13-17,32-33H2,(H2,34,39)(H,36,42)(H,37,40)(H,38,41)(H,43,44). The van der Waals surface area contributed by atoms with Gasteiger partial charge in [0.15, 0.2) is 0 Å². The van der Waals surface area contributed by atoms with Gasteiger partial charge in [0.05, 0.1) is 6.04 Å². The molecule has 3 aromatic rings. The van der Waals surface area contributed by atoms with Gasteiger partial charge in [0, 0.05) is 36.4 Å². The molecule has 0 fully saturated rings. The second-order valence-corrected chi connectivity index (χ2v) is 10.7. The van der Waals surface area contributed by atoms with Crippen molar-refractivity contribution in [2.75, 3.05) is 6.54 Å². The molecule has 0 saturated carbocycles. The van der Waals surface area contributed by atoms with E-state index in [1.807, 2.05) is 30.3 Å². The van der Waals surface area contributed by atoms with Crippen molar-refractivity contribution in [3.8, 4) is 0 Å². The summed E-state index contributed by atoms with van der Waals surface area (Å²) in [4.78, 5) is 66.5. The molecule has 0 aliphatic carbocycles. The van der Waals surface area contributed by atoms with E-state index >= 15 is 0 Å². The van der Waals surface area contributed by atoms with E-state index in [9.17, 15) is 29.1 Å². The Labute approximate surface area is 255 Å². The van der Waals surface area contributed by atoms with Crippen LogP contribution in [0.5, 0.6) is 0 Å². The van der Waals surface area contributed by atoms with Gasteiger partial charge in [0.2, 0.25) is 23.6 Å². The zero-order valence-corrected chi connectivity index (χ0v) is 24.5. The fourth-order valence-corrected chi connectivity index (χ4v) is 4.80. The number of carboxylic acids is 1. The average Bonchev–Trinajstić information content (AvgIpc) is 3.41. The molecule has 0 radical (unpaired) electrons. The second kappa shape index (κ2) is 16.8. The van der Waals surface area contributed by atoms with Gasteiger partial charge in [-0.15, -0.1) is 0 Å². The van der Waals surface area contributed by atoms with E-state index < -0.39 is 53.8 Å². The number of para-hydroxylation sites is 1. The van der Waals surface area contributed by atoms with Crippen molar-refractivity contribution in [3.05, 3.63) is 71.9 Å². The first kappa shape index (κ1) is 33.7. The lowest BCUT2D eigenvalue weighted by molar-refractivity contribution is -0.142. The molecule has 0 spiro atoms. The number of amides is 4. The Morgan fingerprint density at radius 2 is 1.39 bits per heavy atom. The molecule has 0 aliphatic rings. The number of primary amides is 1. The van der Waals surface area contributed by atoms with Gasteiger partial charge in [-0.1, -0.05) is 55.0 Å². The lowest BCUT2D eigenvalue weighted by Crippen LogP contribution is -2.58. The molecule has 0 saturated heterocycles. The number of carboxylic acid groups (broad SMARTS) is 1. The predicted molar refractivity (Wildman–Crippen MR) is 165 cm³/mol. The van der Waals surface area contributed by atoms with Gasteiger partial charge in [0.25, 0.3) is 0 Å². The van der Waals surface area contributed by atoms with Crippen LogP contribution in [0.3, 0.4) is 0 Å². The zero-order valence-electron chi connectivity index (χ0n) is 24.5. The number of nitrogens with one attached hydrogen (secondary N) is 4. The SMILES string of the molecule is NCCCCC(N)C(=O)NC(Cc1ccccc1)C(=O)NC(Cc1c[nH]c2ccccc12)C(=O)NC(CCC(N)=O)C(=O)O. The number of hydrogen-bond donors (Lipinski definition) is 8. The number of aliphatic carboxylic acids is 1. The van der Waals surface area contributed by atoms with Gasteiger partial charge >= 0.3 is 5.97 Å². The number of nitrogens with two attached hydrogens (primary N) is 3. The lowest BCUT2D eigenvalue weighted by atomic mass is 10.0. The molecular formula is C31H41N7O6. The van der Waals surface area contributed by atoms with Crippen LogP contribution in [0.15, 0.2) is 60.8 Å². The lowest BCUT2D eigenvalue weighted by Gasteiger charge is -2.25. The molecule has 44 heavy (non-hydrogen) atoms. The number of rotatable bonds is 18. The minimum absolute atomic E-state index is 0.00828. The number of H-pyrrole nitrogens is 1. The van der Waals surface area contributed by atoms with E-state index in [4.69, 9.17) is 17.2 Å². The van der Waals surface area contributed by atoms with Crippen molar-refractivity contribution >= 4 is 40.5 Å². The molecule has 2 aromatic carbocycles. The van der Waals surface area contributed by atoms with Gasteiger partial charge in [-0.3, -0.25) is 19.2 Å². The van der Waals surface area contributed by atoms with Crippen LogP contribution in [0.1, 0.15) is 43.2 Å². The first-order valence-corrected chi connectivity index (χ1v) is 14.6. The second-order valence-electron chi connectivity index (χ2n) is 10.7. The summed E-state index contributed by atoms with van der Waals surface area (Å²) in [5.41, 5.74) is 19.1. The van der Waals surface area contributed by atoms with Crippen molar-refractivity contribution < 1.29 is 29.1 Å². The predicted octanol–water partition coefficient (Wildman–Crippen LogP) is 0.214. The molecule has 11 N–H and O–H groups in total. The minimum Gasteiger partial charge on any atom is -0.480 e.